The summed E-state index contributed by atoms with van der Waals surface area (Å²) in [5.41, 5.74) is 12.1. The number of rotatable bonds is 7. The molecular weight excluding hydrogens is 655 g/mol. The SMILES string of the molecule is c1ccc(-c2ccc(N(c3ccccc3)c3ccc(-c4oc5c6ccccc6c6ccccc6c5c4-c4ccccc4)cc3)c(-c3ccccc3)c2)cc1. The van der Waals surface area contributed by atoms with Crippen LogP contribution in [0.25, 0.3) is 77.2 Å². The molecule has 0 aliphatic heterocycles. The Morgan fingerprint density at radius 2 is 0.815 bits per heavy atom. The fraction of sp³-hybridized carbons (Fsp3) is 0. The average molecular weight is 690 g/mol. The highest BCUT2D eigenvalue weighted by Crippen LogP contribution is 2.48. The summed E-state index contributed by atoms with van der Waals surface area (Å²) < 4.78 is 7.05. The molecule has 9 aromatic carbocycles. The maximum atomic E-state index is 7.05. The highest BCUT2D eigenvalue weighted by Gasteiger charge is 2.24. The van der Waals surface area contributed by atoms with Gasteiger partial charge < -0.3 is 9.32 Å². The molecule has 0 saturated carbocycles. The molecular formula is C52H35NO. The molecule has 10 aromatic rings. The Bertz CT molecular complexity index is 2900. The predicted molar refractivity (Wildman–Crippen MR) is 228 cm³/mol. The van der Waals surface area contributed by atoms with E-state index >= 15 is 0 Å². The van der Waals surface area contributed by atoms with E-state index in [-0.39, 0.29) is 0 Å². The third-order valence-electron chi connectivity index (χ3n) is 10.5. The molecule has 0 spiro atoms. The molecule has 1 aromatic heterocycles. The summed E-state index contributed by atoms with van der Waals surface area (Å²) in [6, 6.07) is 75.5. The fourth-order valence-electron chi connectivity index (χ4n) is 7.97. The van der Waals surface area contributed by atoms with Crippen molar-refractivity contribution in [1.82, 2.24) is 0 Å². The van der Waals surface area contributed by atoms with Crippen molar-refractivity contribution in [3.8, 4) is 44.7 Å². The van der Waals surface area contributed by atoms with E-state index in [1.807, 2.05) is 0 Å². The molecule has 0 radical (unpaired) electrons. The maximum Gasteiger partial charge on any atom is 0.143 e. The number of para-hydroxylation sites is 1. The Morgan fingerprint density at radius 1 is 0.333 bits per heavy atom. The molecule has 0 aliphatic carbocycles. The second kappa shape index (κ2) is 13.4. The van der Waals surface area contributed by atoms with Crippen LogP contribution in [0.3, 0.4) is 0 Å². The minimum absolute atomic E-state index is 0.868. The second-order valence-electron chi connectivity index (χ2n) is 13.6. The van der Waals surface area contributed by atoms with E-state index in [0.29, 0.717) is 0 Å². The van der Waals surface area contributed by atoms with Gasteiger partial charge in [0.2, 0.25) is 0 Å². The highest BCUT2D eigenvalue weighted by atomic mass is 16.3. The molecule has 2 heteroatoms. The van der Waals surface area contributed by atoms with Gasteiger partial charge in [0.05, 0.1) is 5.69 Å². The van der Waals surface area contributed by atoms with Gasteiger partial charge in [0, 0.05) is 38.8 Å². The van der Waals surface area contributed by atoms with E-state index in [9.17, 15) is 0 Å². The Kier molecular flexibility index (Phi) is 7.85. The van der Waals surface area contributed by atoms with E-state index in [1.165, 1.54) is 27.3 Å². The van der Waals surface area contributed by atoms with Gasteiger partial charge in [-0.2, -0.15) is 0 Å². The van der Waals surface area contributed by atoms with Crippen LogP contribution in [0.2, 0.25) is 0 Å². The van der Waals surface area contributed by atoms with Gasteiger partial charge in [-0.3, -0.25) is 0 Å². The van der Waals surface area contributed by atoms with Crippen molar-refractivity contribution >= 4 is 49.6 Å². The monoisotopic (exact) mass is 689 g/mol. The first-order chi connectivity index (χ1) is 26.8. The van der Waals surface area contributed by atoms with Crippen molar-refractivity contribution in [2.75, 3.05) is 4.90 Å². The number of anilines is 3. The average Bonchev–Trinajstić information content (AvgIpc) is 3.67. The molecule has 0 fully saturated rings. The molecule has 10 rings (SSSR count). The van der Waals surface area contributed by atoms with Crippen molar-refractivity contribution in [3.63, 3.8) is 0 Å². The third kappa shape index (κ3) is 5.44. The number of furan rings is 1. The van der Waals surface area contributed by atoms with Crippen LogP contribution in [0, 0.1) is 0 Å². The van der Waals surface area contributed by atoms with Crippen LogP contribution >= 0.6 is 0 Å². The van der Waals surface area contributed by atoms with Gasteiger partial charge in [0.25, 0.3) is 0 Å². The van der Waals surface area contributed by atoms with Crippen molar-refractivity contribution < 1.29 is 4.42 Å². The molecule has 0 aliphatic rings. The van der Waals surface area contributed by atoms with E-state index in [1.54, 1.807) is 0 Å². The van der Waals surface area contributed by atoms with Crippen molar-refractivity contribution in [3.05, 3.63) is 212 Å². The molecule has 0 atom stereocenters. The molecule has 2 nitrogen and oxygen atoms in total. The van der Waals surface area contributed by atoms with Gasteiger partial charge in [0.1, 0.15) is 11.3 Å². The zero-order chi connectivity index (χ0) is 35.8. The number of hydrogen-bond donors (Lipinski definition) is 0. The Morgan fingerprint density at radius 3 is 1.46 bits per heavy atom. The van der Waals surface area contributed by atoms with Crippen LogP contribution < -0.4 is 4.90 Å². The second-order valence-corrected chi connectivity index (χ2v) is 13.6. The van der Waals surface area contributed by atoms with E-state index in [2.05, 4.69) is 217 Å². The fourth-order valence-corrected chi connectivity index (χ4v) is 7.97. The smallest absolute Gasteiger partial charge is 0.143 e. The van der Waals surface area contributed by atoms with Crippen molar-refractivity contribution in [1.29, 1.82) is 0 Å². The molecule has 0 unspecified atom stereocenters. The number of hydrogen-bond acceptors (Lipinski definition) is 2. The van der Waals surface area contributed by atoms with Crippen LogP contribution in [-0.4, -0.2) is 0 Å². The minimum atomic E-state index is 0.868. The summed E-state index contributed by atoms with van der Waals surface area (Å²) in [6.07, 6.45) is 0. The molecule has 0 amide bonds. The lowest BCUT2D eigenvalue weighted by Crippen LogP contribution is -2.11. The van der Waals surface area contributed by atoms with E-state index in [4.69, 9.17) is 4.42 Å². The summed E-state index contributed by atoms with van der Waals surface area (Å²) in [5.74, 6) is 0.868. The van der Waals surface area contributed by atoms with Crippen molar-refractivity contribution in [2.24, 2.45) is 0 Å². The van der Waals surface area contributed by atoms with Gasteiger partial charge >= 0.3 is 0 Å². The standard InChI is InChI=1S/C52H35NO/c1-5-17-36(18-6-1)40-31-34-48(47(35-40)37-19-7-2-8-20-37)53(41-23-11-4-12-24-41)42-32-29-39(30-33-42)51-49(38-21-9-3-10-22-38)50-45-27-15-13-25-43(45)44-26-14-16-28-46(44)52(50)54-51/h1-35H. The first kappa shape index (κ1) is 31.6. The lowest BCUT2D eigenvalue weighted by Gasteiger charge is -2.28. The number of benzene rings is 9. The van der Waals surface area contributed by atoms with Crippen LogP contribution in [-0.2, 0) is 0 Å². The van der Waals surface area contributed by atoms with Crippen molar-refractivity contribution in [2.45, 2.75) is 0 Å². The summed E-state index contributed by atoms with van der Waals surface area (Å²) in [4.78, 5) is 2.36. The number of nitrogens with zero attached hydrogens (tertiary/aromatic N) is 1. The Labute approximate surface area is 314 Å². The molecule has 54 heavy (non-hydrogen) atoms. The van der Waals surface area contributed by atoms with Crippen LogP contribution in [0.1, 0.15) is 0 Å². The Hall–Kier alpha value is -7.16. The first-order valence-electron chi connectivity index (χ1n) is 18.4. The quantitative estimate of drug-likeness (QED) is 0.155. The normalized spacial score (nSPS) is 11.3. The molecule has 0 bridgehead atoms. The zero-order valence-electron chi connectivity index (χ0n) is 29.6. The Balaban J connectivity index is 1.17. The molecule has 254 valence electrons. The summed E-state index contributed by atoms with van der Waals surface area (Å²) in [5, 5.41) is 5.88. The zero-order valence-corrected chi connectivity index (χ0v) is 29.6. The number of fused-ring (bicyclic) bond motifs is 6. The maximum absolute atomic E-state index is 7.05. The van der Waals surface area contributed by atoms with Gasteiger partial charge in [-0.1, -0.05) is 164 Å². The van der Waals surface area contributed by atoms with Gasteiger partial charge in [-0.25, -0.2) is 0 Å². The lowest BCUT2D eigenvalue weighted by atomic mass is 9.92. The largest absolute Gasteiger partial charge is 0.455 e. The van der Waals surface area contributed by atoms with Gasteiger partial charge in [-0.05, 0) is 86.9 Å². The summed E-state index contributed by atoms with van der Waals surface area (Å²) in [6.45, 7) is 0. The van der Waals surface area contributed by atoms with E-state index in [0.717, 1.165) is 67.0 Å². The summed E-state index contributed by atoms with van der Waals surface area (Å²) in [7, 11) is 0. The molecule has 0 saturated heterocycles. The summed E-state index contributed by atoms with van der Waals surface area (Å²) >= 11 is 0. The van der Waals surface area contributed by atoms with Crippen LogP contribution in [0.5, 0.6) is 0 Å². The van der Waals surface area contributed by atoms with Gasteiger partial charge in [0.15, 0.2) is 0 Å². The minimum Gasteiger partial charge on any atom is -0.455 e. The first-order valence-corrected chi connectivity index (χ1v) is 18.4. The van der Waals surface area contributed by atoms with Crippen LogP contribution in [0.15, 0.2) is 217 Å². The van der Waals surface area contributed by atoms with Crippen LogP contribution in [0.4, 0.5) is 17.1 Å². The topological polar surface area (TPSA) is 16.4 Å². The van der Waals surface area contributed by atoms with Gasteiger partial charge in [-0.15, -0.1) is 0 Å². The molecule has 1 heterocycles. The third-order valence-corrected chi connectivity index (χ3v) is 10.5. The molecule has 0 N–H and O–H groups in total. The highest BCUT2D eigenvalue weighted by molar-refractivity contribution is 6.28. The predicted octanol–water partition coefficient (Wildman–Crippen LogP) is 14.9. The lowest BCUT2D eigenvalue weighted by molar-refractivity contribution is 0.636. The van der Waals surface area contributed by atoms with E-state index < -0.39 is 0 Å².